The quantitative estimate of drug-likeness (QED) is 0.188. The van der Waals surface area contributed by atoms with Gasteiger partial charge in [-0.15, -0.1) is 0 Å². The number of hydrogen-bond acceptors (Lipinski definition) is 9. The summed E-state index contributed by atoms with van der Waals surface area (Å²) in [5, 5.41) is 32.0. The molecule has 4 fully saturated rings. The highest BCUT2D eigenvalue weighted by atomic mass is 16.7. The summed E-state index contributed by atoms with van der Waals surface area (Å²) in [4.78, 5) is 50.8. The first-order valence-corrected chi connectivity index (χ1v) is 18.7. The van der Waals surface area contributed by atoms with Crippen LogP contribution in [0.3, 0.4) is 0 Å². The van der Waals surface area contributed by atoms with Gasteiger partial charge in [0.2, 0.25) is 5.91 Å². The normalized spacial score (nSPS) is 27.3. The number of nitrogens with one attached hydrogen (secondary N) is 3. The van der Waals surface area contributed by atoms with E-state index in [-0.39, 0.29) is 42.3 Å². The van der Waals surface area contributed by atoms with Gasteiger partial charge in [-0.3, -0.25) is 19.2 Å². The average molecular weight is 721 g/mol. The summed E-state index contributed by atoms with van der Waals surface area (Å²) < 4.78 is 0. The van der Waals surface area contributed by atoms with Crippen LogP contribution in [0.25, 0.3) is 11.1 Å². The molecule has 12 heteroatoms. The van der Waals surface area contributed by atoms with Crippen LogP contribution in [-0.4, -0.2) is 128 Å². The summed E-state index contributed by atoms with van der Waals surface area (Å²) in [7, 11) is 7.75. The molecule has 1 saturated heterocycles. The van der Waals surface area contributed by atoms with Crippen LogP contribution in [-0.2, 0) is 16.2 Å². The molecule has 8 atom stereocenters. The topological polar surface area (TPSA) is 147 Å². The van der Waals surface area contributed by atoms with Crippen molar-refractivity contribution in [3.8, 4) is 11.1 Å². The summed E-state index contributed by atoms with van der Waals surface area (Å²) in [5.41, 5.74) is 3.34. The molecule has 0 radical (unpaired) electrons. The van der Waals surface area contributed by atoms with Gasteiger partial charge in [0, 0.05) is 49.3 Å². The molecule has 3 aliphatic carbocycles. The molecule has 3 amide bonds. The SMILES string of the molecule is C[C@@H]1[C@@H](NC(=O)[C@@H]2[C@@H]([C@H](C)O)[C@H](CO)ON2Cc2cccc(-c3cc(C(=O)NCCN(C)C)cc(C(=O)NCCN(C)C)c3)c2)C[C@H]2C[C@@H]1C2(C)C. The highest BCUT2D eigenvalue weighted by Crippen LogP contribution is 2.61. The Morgan fingerprint density at radius 2 is 1.56 bits per heavy atom. The van der Waals surface area contributed by atoms with Crippen molar-refractivity contribution in [1.29, 1.82) is 0 Å². The Hall–Kier alpha value is -3.39. The lowest BCUT2D eigenvalue weighted by molar-refractivity contribution is -0.183. The number of fused-ring (bicyclic) bond motifs is 2. The van der Waals surface area contributed by atoms with Crippen LogP contribution >= 0.6 is 0 Å². The van der Waals surface area contributed by atoms with Gasteiger partial charge >= 0.3 is 0 Å². The number of hydrogen-bond donors (Lipinski definition) is 5. The molecule has 3 saturated carbocycles. The number of aliphatic hydroxyl groups excluding tert-OH is 2. The van der Waals surface area contributed by atoms with Crippen molar-refractivity contribution in [2.75, 3.05) is 61.0 Å². The summed E-state index contributed by atoms with van der Waals surface area (Å²) in [5.74, 6) is 0.0904. The van der Waals surface area contributed by atoms with Crippen molar-refractivity contribution < 1.29 is 29.4 Å². The Bertz CT molecular complexity index is 1540. The highest BCUT2D eigenvalue weighted by molar-refractivity contribution is 6.01. The fraction of sp³-hybridized carbons (Fsp3) is 0.625. The number of aliphatic hydroxyl groups is 2. The number of nitrogens with zero attached hydrogens (tertiary/aromatic N) is 3. The third-order valence-electron chi connectivity index (χ3n) is 11.8. The summed E-state index contributed by atoms with van der Waals surface area (Å²) in [6.07, 6.45) is 0.489. The Labute approximate surface area is 309 Å². The average Bonchev–Trinajstić information content (AvgIpc) is 3.47. The van der Waals surface area contributed by atoms with E-state index in [4.69, 9.17) is 4.84 Å². The maximum absolute atomic E-state index is 14.1. The number of hydroxylamine groups is 2. The number of carbonyl (C=O) groups excluding carboxylic acids is 3. The predicted octanol–water partition coefficient (Wildman–Crippen LogP) is 2.60. The molecule has 2 aromatic carbocycles. The second kappa shape index (κ2) is 16.7. The number of benzene rings is 2. The molecule has 1 aliphatic heterocycles. The minimum Gasteiger partial charge on any atom is -0.394 e. The van der Waals surface area contributed by atoms with Gasteiger partial charge in [0.25, 0.3) is 11.8 Å². The lowest BCUT2D eigenvalue weighted by Gasteiger charge is -2.62. The number of rotatable bonds is 15. The Balaban J connectivity index is 1.39. The van der Waals surface area contributed by atoms with E-state index in [0.29, 0.717) is 60.6 Å². The van der Waals surface area contributed by atoms with Gasteiger partial charge in [0.1, 0.15) is 12.1 Å². The van der Waals surface area contributed by atoms with Crippen LogP contribution in [0, 0.1) is 29.1 Å². The maximum Gasteiger partial charge on any atom is 0.251 e. The highest BCUT2D eigenvalue weighted by Gasteiger charge is 2.57. The van der Waals surface area contributed by atoms with Crippen molar-refractivity contribution in [3.63, 3.8) is 0 Å². The molecule has 6 rings (SSSR count). The van der Waals surface area contributed by atoms with Crippen LogP contribution in [0.15, 0.2) is 42.5 Å². The summed E-state index contributed by atoms with van der Waals surface area (Å²) in [6, 6.07) is 12.1. The first-order chi connectivity index (χ1) is 24.6. The lowest BCUT2D eigenvalue weighted by atomic mass is 9.45. The van der Waals surface area contributed by atoms with Crippen LogP contribution < -0.4 is 16.0 Å². The van der Waals surface area contributed by atoms with Crippen LogP contribution in [0.2, 0.25) is 0 Å². The van der Waals surface area contributed by atoms with Crippen LogP contribution in [0.1, 0.15) is 66.8 Å². The number of amides is 3. The molecule has 0 aromatic heterocycles. The zero-order valence-electron chi connectivity index (χ0n) is 32.2. The van der Waals surface area contributed by atoms with Crippen molar-refractivity contribution in [1.82, 2.24) is 30.8 Å². The van der Waals surface area contributed by atoms with E-state index >= 15 is 0 Å². The van der Waals surface area contributed by atoms with E-state index in [0.717, 1.165) is 17.5 Å². The molecule has 4 aliphatic rings. The molecule has 52 heavy (non-hydrogen) atoms. The summed E-state index contributed by atoms with van der Waals surface area (Å²) >= 11 is 0. The molecular weight excluding hydrogens is 660 g/mol. The Morgan fingerprint density at radius 3 is 2.08 bits per heavy atom. The van der Waals surface area contributed by atoms with Gasteiger partial charge in [0.05, 0.1) is 19.3 Å². The Kier molecular flexibility index (Phi) is 12.8. The fourth-order valence-electron chi connectivity index (χ4n) is 8.56. The second-order valence-corrected chi connectivity index (χ2v) is 16.4. The third kappa shape index (κ3) is 8.86. The molecule has 12 nitrogen and oxygen atoms in total. The van der Waals surface area contributed by atoms with Gasteiger partial charge in [-0.2, -0.15) is 5.06 Å². The number of likely N-dealkylation sites (N-methyl/N-ethyl adjacent to an activating group) is 2. The molecule has 5 N–H and O–H groups in total. The van der Waals surface area contributed by atoms with Crippen molar-refractivity contribution >= 4 is 17.7 Å². The second-order valence-electron chi connectivity index (χ2n) is 16.4. The minimum absolute atomic E-state index is 0.0407. The standard InChI is InChI=1S/C40H60N6O6/c1-24-32-20-31(40(32,3)4)21-33(24)43-39(51)36-35(25(2)48)34(23-47)52-46(36)22-26-10-9-11-27(16-26)28-17-29(37(49)41-12-14-44(5)6)19-30(18-28)38(50)42-13-15-45(7)8/h9-11,16-19,24-25,31-36,47-48H,12-15,20-23H2,1-8H3,(H,41,49)(H,42,50)(H,43,51)/t24-,25-,31+,32-,33-,34-,35-,36-/m0/s1. The van der Waals surface area contributed by atoms with E-state index in [1.54, 1.807) is 30.2 Å². The van der Waals surface area contributed by atoms with Gasteiger partial charge in [-0.05, 0) is 112 Å². The first kappa shape index (κ1) is 39.8. The van der Waals surface area contributed by atoms with E-state index in [9.17, 15) is 24.6 Å². The largest absolute Gasteiger partial charge is 0.394 e. The van der Waals surface area contributed by atoms with Crippen LogP contribution in [0.5, 0.6) is 0 Å². The minimum atomic E-state index is -0.894. The molecule has 286 valence electrons. The molecular formula is C40H60N6O6. The monoisotopic (exact) mass is 720 g/mol. The van der Waals surface area contributed by atoms with Gasteiger partial charge in [-0.1, -0.05) is 39.0 Å². The van der Waals surface area contributed by atoms with Gasteiger partial charge in [0.15, 0.2) is 0 Å². The molecule has 1 heterocycles. The molecule has 2 bridgehead atoms. The summed E-state index contributed by atoms with van der Waals surface area (Å²) in [6.45, 7) is 10.7. The maximum atomic E-state index is 14.1. The molecule has 0 unspecified atom stereocenters. The zero-order chi connectivity index (χ0) is 37.9. The van der Waals surface area contributed by atoms with E-state index in [1.807, 2.05) is 62.3 Å². The van der Waals surface area contributed by atoms with E-state index < -0.39 is 24.2 Å². The first-order valence-electron chi connectivity index (χ1n) is 18.7. The van der Waals surface area contributed by atoms with Crippen molar-refractivity contribution in [2.24, 2.45) is 29.1 Å². The predicted molar refractivity (Wildman–Crippen MR) is 201 cm³/mol. The van der Waals surface area contributed by atoms with Crippen molar-refractivity contribution in [2.45, 2.75) is 71.4 Å². The van der Waals surface area contributed by atoms with Gasteiger partial charge in [-0.25, -0.2) is 0 Å². The smallest absolute Gasteiger partial charge is 0.251 e. The molecule has 2 aromatic rings. The van der Waals surface area contributed by atoms with E-state index in [1.165, 1.54) is 6.42 Å². The lowest BCUT2D eigenvalue weighted by Crippen LogP contribution is -2.62. The van der Waals surface area contributed by atoms with Crippen LogP contribution in [0.4, 0.5) is 0 Å². The number of carbonyl (C=O) groups is 3. The van der Waals surface area contributed by atoms with Gasteiger partial charge < -0.3 is 36.0 Å². The Morgan fingerprint density at radius 1 is 0.942 bits per heavy atom. The zero-order valence-corrected chi connectivity index (χ0v) is 32.2. The van der Waals surface area contributed by atoms with E-state index in [2.05, 4.69) is 36.7 Å². The molecule has 0 spiro atoms. The van der Waals surface area contributed by atoms with Crippen molar-refractivity contribution in [3.05, 3.63) is 59.2 Å². The fourth-order valence-corrected chi connectivity index (χ4v) is 8.56. The third-order valence-corrected chi connectivity index (χ3v) is 11.8.